The Morgan fingerprint density at radius 3 is 2.69 bits per heavy atom. The van der Waals surface area contributed by atoms with E-state index in [1.165, 1.54) is 37.4 Å². The van der Waals surface area contributed by atoms with Crippen molar-refractivity contribution in [3.8, 4) is 17.6 Å². The van der Waals surface area contributed by atoms with Crippen molar-refractivity contribution in [2.45, 2.75) is 49.5 Å². The molecule has 3 aromatic rings. The SMILES string of the molecule is COc1ccc(S(C)(=O)=O)cc1NCC#Cc1cc(C(=O)N[C@H]2CCN(C3CCOC3)C[C@@H]2C)c2ncn(CC(F)(F)F)c2c1. The lowest BCUT2D eigenvalue weighted by molar-refractivity contribution is -0.139. The molecule has 0 saturated carbocycles. The number of hydrogen-bond acceptors (Lipinski definition) is 8. The second kappa shape index (κ2) is 13.3. The number of likely N-dealkylation sites (tertiary alicyclic amines) is 1. The van der Waals surface area contributed by atoms with Gasteiger partial charge in [0.2, 0.25) is 0 Å². The number of alkyl halides is 3. The van der Waals surface area contributed by atoms with Crippen LogP contribution in [0.4, 0.5) is 18.9 Å². The molecular weight excluding hydrogens is 611 g/mol. The summed E-state index contributed by atoms with van der Waals surface area (Å²) in [5.41, 5.74) is 1.19. The fraction of sp³-hybridized carbons (Fsp3) is 0.484. The summed E-state index contributed by atoms with van der Waals surface area (Å²) in [6.45, 7) is 3.97. The highest BCUT2D eigenvalue weighted by Crippen LogP contribution is 2.28. The first-order valence-corrected chi connectivity index (χ1v) is 16.5. The first-order valence-electron chi connectivity index (χ1n) is 14.6. The van der Waals surface area contributed by atoms with Crippen molar-refractivity contribution in [2.75, 3.05) is 51.5 Å². The highest BCUT2D eigenvalue weighted by molar-refractivity contribution is 7.90. The highest BCUT2D eigenvalue weighted by Gasteiger charge is 2.33. The molecule has 1 aromatic heterocycles. The largest absolute Gasteiger partial charge is 0.495 e. The number of amides is 1. The van der Waals surface area contributed by atoms with Crippen LogP contribution >= 0.6 is 0 Å². The number of sulfone groups is 1. The number of aromatic nitrogens is 2. The van der Waals surface area contributed by atoms with E-state index in [2.05, 4.69) is 39.3 Å². The molecule has 1 unspecified atom stereocenters. The van der Waals surface area contributed by atoms with E-state index >= 15 is 0 Å². The molecule has 3 heterocycles. The fourth-order valence-corrected chi connectivity index (χ4v) is 6.50. The summed E-state index contributed by atoms with van der Waals surface area (Å²) >= 11 is 0. The summed E-state index contributed by atoms with van der Waals surface area (Å²) in [6, 6.07) is 7.69. The Hall–Kier alpha value is -3.80. The van der Waals surface area contributed by atoms with E-state index in [1.807, 2.05) is 0 Å². The molecule has 45 heavy (non-hydrogen) atoms. The Morgan fingerprint density at radius 2 is 2.02 bits per heavy atom. The van der Waals surface area contributed by atoms with Crippen LogP contribution in [-0.2, 0) is 21.1 Å². The number of fused-ring (bicyclic) bond motifs is 1. The third kappa shape index (κ3) is 7.89. The Labute approximate surface area is 260 Å². The molecule has 3 atom stereocenters. The van der Waals surface area contributed by atoms with Gasteiger partial charge in [-0.2, -0.15) is 13.2 Å². The van der Waals surface area contributed by atoms with Crippen molar-refractivity contribution in [1.29, 1.82) is 0 Å². The molecule has 2 aromatic carbocycles. The van der Waals surface area contributed by atoms with Crippen molar-refractivity contribution in [1.82, 2.24) is 19.8 Å². The van der Waals surface area contributed by atoms with Gasteiger partial charge in [0.05, 0.1) is 48.3 Å². The molecule has 2 saturated heterocycles. The zero-order valence-corrected chi connectivity index (χ0v) is 26.1. The number of anilines is 1. The lowest BCUT2D eigenvalue weighted by Gasteiger charge is -2.39. The minimum Gasteiger partial charge on any atom is -0.495 e. The van der Waals surface area contributed by atoms with Gasteiger partial charge >= 0.3 is 6.18 Å². The summed E-state index contributed by atoms with van der Waals surface area (Å²) in [7, 11) is -2.00. The Balaban J connectivity index is 1.38. The predicted octanol–water partition coefficient (Wildman–Crippen LogP) is 3.70. The molecule has 2 N–H and O–H groups in total. The summed E-state index contributed by atoms with van der Waals surface area (Å²) < 4.78 is 75.8. The zero-order valence-electron chi connectivity index (χ0n) is 25.3. The van der Waals surface area contributed by atoms with Crippen molar-refractivity contribution in [3.63, 3.8) is 0 Å². The van der Waals surface area contributed by atoms with E-state index in [0.717, 1.165) is 49.7 Å². The maximum atomic E-state index is 13.6. The van der Waals surface area contributed by atoms with Crippen molar-refractivity contribution in [3.05, 3.63) is 47.8 Å². The standard InChI is InChI=1S/C31H36F3N5O5S/c1-20-16-38(22-9-12-44-17-22)11-8-25(20)37-30(40)24-13-21(14-27-29(24)36-19-39(27)18-31(32,33)34)5-4-10-35-26-15-23(45(3,41)42)6-7-28(26)43-2/h6-7,13-15,19-20,22,25,35H,8-12,16-18H2,1-3H3,(H,37,40)/t20-,22?,25-/m0/s1. The molecule has 2 aliphatic heterocycles. The second-order valence-corrected chi connectivity index (χ2v) is 13.5. The number of halogens is 3. The first kappa shape index (κ1) is 32.6. The van der Waals surface area contributed by atoms with Gasteiger partial charge in [-0.25, -0.2) is 13.4 Å². The van der Waals surface area contributed by atoms with E-state index in [0.29, 0.717) is 29.6 Å². The lowest BCUT2D eigenvalue weighted by atomic mass is 9.92. The first-order chi connectivity index (χ1) is 21.3. The van der Waals surface area contributed by atoms with Gasteiger partial charge in [-0.15, -0.1) is 0 Å². The number of piperidine rings is 1. The van der Waals surface area contributed by atoms with Crippen molar-refractivity contribution < 1.29 is 35.9 Å². The zero-order chi connectivity index (χ0) is 32.4. The van der Waals surface area contributed by atoms with Gasteiger partial charge in [0, 0.05) is 43.6 Å². The van der Waals surface area contributed by atoms with Crippen LogP contribution in [0.3, 0.4) is 0 Å². The van der Waals surface area contributed by atoms with Crippen molar-refractivity contribution >= 4 is 32.5 Å². The number of rotatable bonds is 8. The van der Waals surface area contributed by atoms with Crippen LogP contribution in [0.2, 0.25) is 0 Å². The monoisotopic (exact) mass is 647 g/mol. The smallest absolute Gasteiger partial charge is 0.406 e. The van der Waals surface area contributed by atoms with E-state index in [-0.39, 0.29) is 40.0 Å². The Bertz CT molecular complexity index is 1720. The molecule has 2 fully saturated rings. The maximum Gasteiger partial charge on any atom is 0.406 e. The maximum absolute atomic E-state index is 13.6. The minimum absolute atomic E-state index is 0.0626. The number of carbonyl (C=O) groups excluding carboxylic acids is 1. The van der Waals surface area contributed by atoms with Crippen LogP contribution < -0.4 is 15.4 Å². The van der Waals surface area contributed by atoms with Crippen LogP contribution in [-0.4, -0.2) is 93.2 Å². The molecule has 14 heteroatoms. The topological polar surface area (TPSA) is 115 Å². The van der Waals surface area contributed by atoms with E-state index in [9.17, 15) is 26.4 Å². The number of imidazole rings is 1. The van der Waals surface area contributed by atoms with Gasteiger partial charge in [0.1, 0.15) is 17.8 Å². The summed E-state index contributed by atoms with van der Waals surface area (Å²) in [5.74, 6) is 5.98. The summed E-state index contributed by atoms with van der Waals surface area (Å²) in [4.78, 5) is 20.3. The molecule has 242 valence electrons. The summed E-state index contributed by atoms with van der Waals surface area (Å²) in [6.07, 6.45) is -0.577. The average Bonchev–Trinajstić information content (AvgIpc) is 3.65. The van der Waals surface area contributed by atoms with Gasteiger partial charge in [0.15, 0.2) is 9.84 Å². The number of carbonyl (C=O) groups is 1. The molecule has 0 radical (unpaired) electrons. The predicted molar refractivity (Wildman–Crippen MR) is 163 cm³/mol. The minimum atomic E-state index is -4.49. The number of nitrogens with zero attached hydrogens (tertiary/aromatic N) is 3. The Morgan fingerprint density at radius 1 is 1.22 bits per heavy atom. The van der Waals surface area contributed by atoms with Gasteiger partial charge in [0.25, 0.3) is 5.91 Å². The number of ether oxygens (including phenoxy) is 2. The molecule has 10 nitrogen and oxygen atoms in total. The third-order valence-corrected chi connectivity index (χ3v) is 9.30. The quantitative estimate of drug-likeness (QED) is 0.356. The van der Waals surface area contributed by atoms with Gasteiger partial charge in [-0.05, 0) is 49.1 Å². The second-order valence-electron chi connectivity index (χ2n) is 11.5. The molecule has 0 bridgehead atoms. The Kier molecular flexibility index (Phi) is 9.62. The van der Waals surface area contributed by atoms with E-state index in [4.69, 9.17) is 9.47 Å². The lowest BCUT2D eigenvalue weighted by Crippen LogP contribution is -2.52. The van der Waals surface area contributed by atoms with Gasteiger partial charge in [-0.3, -0.25) is 9.69 Å². The average molecular weight is 648 g/mol. The van der Waals surface area contributed by atoms with Crippen LogP contribution in [0.1, 0.15) is 35.7 Å². The fourth-order valence-electron chi connectivity index (χ4n) is 5.85. The molecular formula is C31H36F3N5O5S. The molecule has 0 spiro atoms. The molecule has 1 amide bonds. The normalized spacial score (nSPS) is 20.9. The number of benzene rings is 2. The number of nitrogens with one attached hydrogen (secondary N) is 2. The molecule has 0 aliphatic carbocycles. The van der Waals surface area contributed by atoms with Gasteiger partial charge < -0.3 is 24.7 Å². The molecule has 2 aliphatic rings. The van der Waals surface area contributed by atoms with Crippen LogP contribution in [0.5, 0.6) is 5.75 Å². The van der Waals surface area contributed by atoms with Crippen molar-refractivity contribution in [2.24, 2.45) is 5.92 Å². The van der Waals surface area contributed by atoms with Crippen LogP contribution in [0.15, 0.2) is 41.6 Å². The molecule has 5 rings (SSSR count). The van der Waals surface area contributed by atoms with E-state index in [1.54, 1.807) is 0 Å². The highest BCUT2D eigenvalue weighted by atomic mass is 32.2. The van der Waals surface area contributed by atoms with Crippen LogP contribution in [0.25, 0.3) is 11.0 Å². The van der Waals surface area contributed by atoms with E-state index < -0.39 is 28.5 Å². The third-order valence-electron chi connectivity index (χ3n) is 8.19. The van der Waals surface area contributed by atoms with Crippen LogP contribution in [0, 0.1) is 17.8 Å². The number of hydrogen-bond donors (Lipinski definition) is 2. The summed E-state index contributed by atoms with van der Waals surface area (Å²) in [5, 5.41) is 6.12. The van der Waals surface area contributed by atoms with Gasteiger partial charge in [-0.1, -0.05) is 18.8 Å². The number of methoxy groups -OCH3 is 1.